The minimum Gasteiger partial charge on any atom is -0.497 e. The Labute approximate surface area is 157 Å². The molecule has 0 unspecified atom stereocenters. The first-order valence-corrected chi connectivity index (χ1v) is 9.03. The average molecular weight is 451 g/mol. The molecule has 5 nitrogen and oxygen atoms in total. The zero-order valence-electron chi connectivity index (χ0n) is 12.7. The Morgan fingerprint density at radius 3 is 2.71 bits per heavy atom. The van der Waals surface area contributed by atoms with E-state index in [2.05, 4.69) is 38.2 Å². The summed E-state index contributed by atoms with van der Waals surface area (Å²) >= 11 is 3.65. The first-order chi connectivity index (χ1) is 11.6. The van der Waals surface area contributed by atoms with Crippen LogP contribution >= 0.6 is 33.9 Å². The van der Waals surface area contributed by atoms with Crippen LogP contribution in [-0.2, 0) is 0 Å². The van der Waals surface area contributed by atoms with Gasteiger partial charge in [0.2, 0.25) is 0 Å². The Balaban J connectivity index is 1.65. The number of thiazole rings is 1. The van der Waals surface area contributed by atoms with Crippen LogP contribution in [0, 0.1) is 3.57 Å². The van der Waals surface area contributed by atoms with Crippen LogP contribution < -0.4 is 15.4 Å². The van der Waals surface area contributed by atoms with Crippen LogP contribution in [0.4, 0.5) is 15.6 Å². The second kappa shape index (κ2) is 7.63. The quantitative estimate of drug-likeness (QED) is 0.545. The average Bonchev–Trinajstić information content (AvgIpc) is 3.04. The summed E-state index contributed by atoms with van der Waals surface area (Å²) in [6, 6.07) is 14.9. The fourth-order valence-electron chi connectivity index (χ4n) is 2.04. The van der Waals surface area contributed by atoms with Crippen molar-refractivity contribution < 1.29 is 9.53 Å². The van der Waals surface area contributed by atoms with Crippen molar-refractivity contribution in [1.29, 1.82) is 0 Å². The molecule has 24 heavy (non-hydrogen) atoms. The topological polar surface area (TPSA) is 63.2 Å². The van der Waals surface area contributed by atoms with E-state index in [-0.39, 0.29) is 6.03 Å². The number of benzene rings is 2. The molecule has 1 aromatic heterocycles. The molecule has 0 aliphatic rings. The number of aromatic nitrogens is 1. The minimum absolute atomic E-state index is 0.341. The molecule has 7 heteroatoms. The van der Waals surface area contributed by atoms with Gasteiger partial charge in [0.25, 0.3) is 0 Å². The molecule has 2 aromatic carbocycles. The summed E-state index contributed by atoms with van der Waals surface area (Å²) in [5, 5.41) is 7.97. The van der Waals surface area contributed by atoms with Gasteiger partial charge < -0.3 is 10.1 Å². The van der Waals surface area contributed by atoms with Gasteiger partial charge in [0.05, 0.1) is 12.8 Å². The largest absolute Gasteiger partial charge is 0.497 e. The van der Waals surface area contributed by atoms with Crippen molar-refractivity contribution in [3.63, 3.8) is 0 Å². The summed E-state index contributed by atoms with van der Waals surface area (Å²) in [6.07, 6.45) is 0. The lowest BCUT2D eigenvalue weighted by Crippen LogP contribution is -2.19. The molecule has 0 radical (unpaired) electrons. The van der Waals surface area contributed by atoms with Crippen LogP contribution in [0.2, 0.25) is 0 Å². The van der Waals surface area contributed by atoms with E-state index in [1.807, 2.05) is 41.8 Å². The fourth-order valence-corrected chi connectivity index (χ4v) is 3.12. The molecule has 0 atom stereocenters. The summed E-state index contributed by atoms with van der Waals surface area (Å²) in [5.41, 5.74) is 2.52. The molecule has 0 aliphatic heterocycles. The molecule has 3 aromatic rings. The van der Waals surface area contributed by atoms with Crippen LogP contribution in [0.15, 0.2) is 53.9 Å². The second-order valence-corrected chi connectivity index (χ2v) is 6.96. The van der Waals surface area contributed by atoms with Crippen molar-refractivity contribution in [3.8, 4) is 17.0 Å². The number of nitrogens with one attached hydrogen (secondary N) is 2. The van der Waals surface area contributed by atoms with E-state index in [0.29, 0.717) is 16.6 Å². The van der Waals surface area contributed by atoms with E-state index in [4.69, 9.17) is 4.74 Å². The smallest absolute Gasteiger partial charge is 0.325 e. The number of carbonyl (C=O) groups is 1. The van der Waals surface area contributed by atoms with Crippen LogP contribution in [0.1, 0.15) is 0 Å². The molecule has 1 heterocycles. The summed E-state index contributed by atoms with van der Waals surface area (Å²) < 4.78 is 6.30. The molecule has 0 spiro atoms. The third kappa shape index (κ3) is 4.24. The second-order valence-electron chi connectivity index (χ2n) is 4.86. The molecular weight excluding hydrogens is 437 g/mol. The number of methoxy groups -OCH3 is 1. The number of rotatable bonds is 4. The highest BCUT2D eigenvalue weighted by Crippen LogP contribution is 2.25. The zero-order chi connectivity index (χ0) is 16.9. The van der Waals surface area contributed by atoms with Crippen molar-refractivity contribution >= 4 is 50.8 Å². The van der Waals surface area contributed by atoms with Gasteiger partial charge in [-0.1, -0.05) is 18.2 Å². The van der Waals surface area contributed by atoms with Gasteiger partial charge in [0, 0.05) is 26.3 Å². The van der Waals surface area contributed by atoms with Crippen LogP contribution in [0.25, 0.3) is 11.3 Å². The zero-order valence-corrected chi connectivity index (χ0v) is 15.7. The Kier molecular flexibility index (Phi) is 5.31. The maximum absolute atomic E-state index is 12.1. The lowest BCUT2D eigenvalue weighted by molar-refractivity contribution is 0.262. The van der Waals surface area contributed by atoms with E-state index in [0.717, 1.165) is 11.3 Å². The highest BCUT2D eigenvalue weighted by atomic mass is 127. The molecule has 0 aliphatic carbocycles. The third-order valence-electron chi connectivity index (χ3n) is 3.19. The SMILES string of the molecule is COc1cccc(NC(=O)Nc2nc(-c3ccc(I)cc3)cs2)c1. The monoisotopic (exact) mass is 451 g/mol. The number of carbonyl (C=O) groups excluding carboxylic acids is 1. The van der Waals surface area contributed by atoms with Crippen LogP contribution in [-0.4, -0.2) is 18.1 Å². The van der Waals surface area contributed by atoms with Gasteiger partial charge in [0.15, 0.2) is 5.13 Å². The van der Waals surface area contributed by atoms with Crippen LogP contribution in [0.5, 0.6) is 5.75 Å². The van der Waals surface area contributed by atoms with E-state index in [1.54, 1.807) is 19.2 Å². The Morgan fingerprint density at radius 2 is 1.96 bits per heavy atom. The number of hydrogen-bond donors (Lipinski definition) is 2. The number of urea groups is 1. The van der Waals surface area contributed by atoms with Gasteiger partial charge in [0.1, 0.15) is 5.75 Å². The molecule has 0 saturated carbocycles. The molecule has 122 valence electrons. The lowest BCUT2D eigenvalue weighted by Gasteiger charge is -2.06. The predicted molar refractivity (Wildman–Crippen MR) is 106 cm³/mol. The van der Waals surface area contributed by atoms with Gasteiger partial charge in [-0.3, -0.25) is 5.32 Å². The standard InChI is InChI=1S/C17H14IN3O2S/c1-23-14-4-2-3-13(9-14)19-16(22)21-17-20-15(10-24-17)11-5-7-12(18)8-6-11/h2-10H,1H3,(H2,19,20,21,22). The lowest BCUT2D eigenvalue weighted by atomic mass is 10.2. The van der Waals surface area contributed by atoms with Gasteiger partial charge in [-0.15, -0.1) is 11.3 Å². The van der Waals surface area contributed by atoms with Gasteiger partial charge in [-0.05, 0) is 46.9 Å². The highest BCUT2D eigenvalue weighted by Gasteiger charge is 2.08. The van der Waals surface area contributed by atoms with Crippen molar-refractivity contribution in [2.45, 2.75) is 0 Å². The highest BCUT2D eigenvalue weighted by molar-refractivity contribution is 14.1. The number of ether oxygens (including phenoxy) is 1. The number of anilines is 2. The number of nitrogens with zero attached hydrogens (tertiary/aromatic N) is 1. The Morgan fingerprint density at radius 1 is 1.17 bits per heavy atom. The Bertz CT molecular complexity index is 849. The molecule has 0 saturated heterocycles. The minimum atomic E-state index is -0.341. The molecular formula is C17H14IN3O2S. The summed E-state index contributed by atoms with van der Waals surface area (Å²) in [5.74, 6) is 0.683. The van der Waals surface area contributed by atoms with Crippen molar-refractivity contribution in [2.24, 2.45) is 0 Å². The van der Waals surface area contributed by atoms with Gasteiger partial charge in [-0.25, -0.2) is 9.78 Å². The maximum atomic E-state index is 12.1. The van der Waals surface area contributed by atoms with E-state index in [1.165, 1.54) is 14.9 Å². The molecule has 2 amide bonds. The van der Waals surface area contributed by atoms with Crippen LogP contribution in [0.3, 0.4) is 0 Å². The molecule has 0 bridgehead atoms. The van der Waals surface area contributed by atoms with E-state index in [9.17, 15) is 4.79 Å². The molecule has 0 fully saturated rings. The summed E-state index contributed by atoms with van der Waals surface area (Å²) in [7, 11) is 1.58. The van der Waals surface area contributed by atoms with Gasteiger partial charge in [-0.2, -0.15) is 0 Å². The number of amides is 2. The first-order valence-electron chi connectivity index (χ1n) is 7.07. The van der Waals surface area contributed by atoms with E-state index >= 15 is 0 Å². The van der Waals surface area contributed by atoms with Crippen molar-refractivity contribution in [1.82, 2.24) is 4.98 Å². The van der Waals surface area contributed by atoms with Crippen molar-refractivity contribution in [3.05, 3.63) is 57.5 Å². The summed E-state index contributed by atoms with van der Waals surface area (Å²) in [6.45, 7) is 0. The molecule has 3 rings (SSSR count). The molecule has 2 N–H and O–H groups in total. The predicted octanol–water partition coefficient (Wildman–Crippen LogP) is 5.07. The Hall–Kier alpha value is -2.13. The van der Waals surface area contributed by atoms with Gasteiger partial charge >= 0.3 is 6.03 Å². The maximum Gasteiger partial charge on any atom is 0.325 e. The fraction of sp³-hybridized carbons (Fsp3) is 0.0588. The first kappa shape index (κ1) is 16.7. The van der Waals surface area contributed by atoms with Crippen molar-refractivity contribution in [2.75, 3.05) is 17.7 Å². The normalized spacial score (nSPS) is 10.2. The number of halogens is 1. The number of hydrogen-bond acceptors (Lipinski definition) is 4. The van der Waals surface area contributed by atoms with E-state index < -0.39 is 0 Å². The summed E-state index contributed by atoms with van der Waals surface area (Å²) in [4.78, 5) is 16.5. The third-order valence-corrected chi connectivity index (χ3v) is 4.67.